The number of morpholine rings is 1. The van der Waals surface area contributed by atoms with Crippen molar-refractivity contribution < 1.29 is 9.66 Å². The van der Waals surface area contributed by atoms with Gasteiger partial charge in [-0.15, -0.1) is 0 Å². The third kappa shape index (κ3) is 4.82. The van der Waals surface area contributed by atoms with Crippen molar-refractivity contribution in [2.24, 2.45) is 5.10 Å². The van der Waals surface area contributed by atoms with Crippen LogP contribution in [0.3, 0.4) is 0 Å². The Labute approximate surface area is 197 Å². The maximum absolute atomic E-state index is 11.0. The molecule has 2 heterocycles. The molecular weight excluding hydrogens is 430 g/mol. The van der Waals surface area contributed by atoms with Gasteiger partial charge in [-0.2, -0.15) is 5.10 Å². The Kier molecular flexibility index (Phi) is 6.31. The summed E-state index contributed by atoms with van der Waals surface area (Å²) in [4.78, 5) is 17.5. The van der Waals surface area contributed by atoms with Gasteiger partial charge in [0.15, 0.2) is 0 Å². The number of hydrogen-bond acceptors (Lipinski definition) is 7. The van der Waals surface area contributed by atoms with Crippen molar-refractivity contribution in [1.29, 1.82) is 0 Å². The fourth-order valence-corrected chi connectivity index (χ4v) is 4.37. The molecule has 1 N–H and O–H groups in total. The van der Waals surface area contributed by atoms with Crippen LogP contribution in [0.5, 0.6) is 0 Å². The third-order valence-corrected chi connectivity index (χ3v) is 6.04. The number of hydrogen-bond donors (Lipinski definition) is 1. The summed E-state index contributed by atoms with van der Waals surface area (Å²) in [6, 6.07) is 18.6. The van der Waals surface area contributed by atoms with Crippen molar-refractivity contribution in [3.05, 3.63) is 93.2 Å². The second-order valence-electron chi connectivity index (χ2n) is 8.25. The van der Waals surface area contributed by atoms with Crippen LogP contribution in [0, 0.1) is 10.1 Å². The highest BCUT2D eigenvalue weighted by Crippen LogP contribution is 2.35. The van der Waals surface area contributed by atoms with E-state index in [0.29, 0.717) is 19.0 Å². The molecule has 1 fully saturated rings. The molecule has 0 atom stereocenters. The topological polar surface area (TPSA) is 92.9 Å². The first-order chi connectivity index (χ1) is 16.7. The quantitative estimate of drug-likeness (QED) is 0.319. The fourth-order valence-electron chi connectivity index (χ4n) is 4.37. The van der Waals surface area contributed by atoms with E-state index in [9.17, 15) is 10.1 Å². The maximum atomic E-state index is 11.0. The predicted octanol–water partition coefficient (Wildman–Crippen LogP) is 5.00. The minimum Gasteiger partial charge on any atom is -0.378 e. The monoisotopic (exact) mass is 455 g/mol. The molecule has 8 nitrogen and oxygen atoms in total. The molecule has 0 spiro atoms. The SMILES string of the molecule is O=[N+]([O-])c1ccc(/C=C2\CCC(/C=N\Nc3ccc4ccccc4n3)=C2N2CCOCC2)cc1. The molecule has 0 amide bonds. The number of pyridine rings is 1. The van der Waals surface area contributed by atoms with Crippen molar-refractivity contribution in [2.45, 2.75) is 12.8 Å². The Morgan fingerprint density at radius 3 is 2.62 bits per heavy atom. The van der Waals surface area contributed by atoms with Crippen LogP contribution in [0.2, 0.25) is 0 Å². The van der Waals surface area contributed by atoms with E-state index in [2.05, 4.69) is 26.5 Å². The molecule has 1 aliphatic heterocycles. The molecule has 1 aromatic heterocycles. The van der Waals surface area contributed by atoms with Crippen LogP contribution in [0.25, 0.3) is 17.0 Å². The number of nitrogens with one attached hydrogen (secondary N) is 1. The average Bonchev–Trinajstić information content (AvgIpc) is 3.27. The van der Waals surface area contributed by atoms with Crippen LogP contribution in [-0.2, 0) is 4.74 Å². The highest BCUT2D eigenvalue weighted by Gasteiger charge is 2.25. The number of anilines is 1. The average molecular weight is 456 g/mol. The van der Waals surface area contributed by atoms with Gasteiger partial charge in [0.05, 0.1) is 29.9 Å². The third-order valence-electron chi connectivity index (χ3n) is 6.04. The molecule has 34 heavy (non-hydrogen) atoms. The summed E-state index contributed by atoms with van der Waals surface area (Å²) in [5, 5.41) is 16.5. The van der Waals surface area contributed by atoms with Crippen molar-refractivity contribution in [2.75, 3.05) is 31.7 Å². The van der Waals surface area contributed by atoms with Crippen molar-refractivity contribution in [3.63, 3.8) is 0 Å². The molecule has 0 bridgehead atoms. The van der Waals surface area contributed by atoms with Crippen molar-refractivity contribution >= 4 is 34.7 Å². The zero-order chi connectivity index (χ0) is 23.3. The van der Waals surface area contributed by atoms with E-state index in [1.54, 1.807) is 24.3 Å². The first kappa shape index (κ1) is 21.8. The van der Waals surface area contributed by atoms with Gasteiger partial charge in [-0.1, -0.05) is 18.2 Å². The zero-order valence-corrected chi connectivity index (χ0v) is 18.7. The number of ether oxygens (including phenoxy) is 1. The van der Waals surface area contributed by atoms with E-state index in [1.165, 1.54) is 11.3 Å². The lowest BCUT2D eigenvalue weighted by molar-refractivity contribution is -0.384. The normalized spacial score (nSPS) is 17.8. The van der Waals surface area contributed by atoms with E-state index in [4.69, 9.17) is 4.74 Å². The lowest BCUT2D eigenvalue weighted by Gasteiger charge is -2.31. The maximum Gasteiger partial charge on any atom is 0.269 e. The van der Waals surface area contributed by atoms with E-state index in [1.807, 2.05) is 42.6 Å². The summed E-state index contributed by atoms with van der Waals surface area (Å²) in [7, 11) is 0. The number of hydrazone groups is 1. The van der Waals surface area contributed by atoms with Crippen LogP contribution >= 0.6 is 0 Å². The molecule has 3 aromatic rings. The van der Waals surface area contributed by atoms with Gasteiger partial charge >= 0.3 is 0 Å². The number of nitro benzene ring substituents is 1. The number of benzene rings is 2. The van der Waals surface area contributed by atoms with Gasteiger partial charge in [0.25, 0.3) is 5.69 Å². The predicted molar refractivity (Wildman–Crippen MR) is 134 cm³/mol. The molecule has 1 aliphatic carbocycles. The first-order valence-electron chi connectivity index (χ1n) is 11.3. The molecule has 0 unspecified atom stereocenters. The highest BCUT2D eigenvalue weighted by molar-refractivity contribution is 5.85. The van der Waals surface area contributed by atoms with Gasteiger partial charge in [-0.3, -0.25) is 15.5 Å². The van der Waals surface area contributed by atoms with Gasteiger partial charge in [0.2, 0.25) is 0 Å². The van der Waals surface area contributed by atoms with Gasteiger partial charge in [-0.05, 0) is 66.0 Å². The Bertz CT molecular complexity index is 1290. The minimum absolute atomic E-state index is 0.0960. The molecule has 0 radical (unpaired) electrons. The zero-order valence-electron chi connectivity index (χ0n) is 18.7. The molecule has 1 saturated heterocycles. The Balaban J connectivity index is 1.40. The summed E-state index contributed by atoms with van der Waals surface area (Å²) in [5.41, 5.74) is 8.58. The number of non-ortho nitro benzene ring substituents is 1. The first-order valence-corrected chi connectivity index (χ1v) is 11.3. The number of fused-ring (bicyclic) bond motifs is 1. The summed E-state index contributed by atoms with van der Waals surface area (Å²) >= 11 is 0. The highest BCUT2D eigenvalue weighted by atomic mass is 16.6. The second-order valence-corrected chi connectivity index (χ2v) is 8.25. The minimum atomic E-state index is -0.377. The Morgan fingerprint density at radius 2 is 1.82 bits per heavy atom. The van der Waals surface area contributed by atoms with Gasteiger partial charge in [0.1, 0.15) is 5.82 Å². The van der Waals surface area contributed by atoms with Crippen LogP contribution in [0.4, 0.5) is 11.5 Å². The Hall–Kier alpha value is -4.04. The summed E-state index contributed by atoms with van der Waals surface area (Å²) in [6.07, 6.45) is 5.77. The lowest BCUT2D eigenvalue weighted by Crippen LogP contribution is -2.36. The summed E-state index contributed by atoms with van der Waals surface area (Å²) < 4.78 is 5.56. The van der Waals surface area contributed by atoms with Gasteiger partial charge in [-0.25, -0.2) is 4.98 Å². The summed E-state index contributed by atoms with van der Waals surface area (Å²) in [6.45, 7) is 3.03. The smallest absolute Gasteiger partial charge is 0.269 e. The van der Waals surface area contributed by atoms with Crippen molar-refractivity contribution in [3.8, 4) is 0 Å². The number of allylic oxidation sites excluding steroid dienone is 2. The van der Waals surface area contributed by atoms with E-state index < -0.39 is 0 Å². The molecule has 0 saturated carbocycles. The second kappa shape index (κ2) is 9.84. The number of nitro groups is 1. The van der Waals surface area contributed by atoms with E-state index >= 15 is 0 Å². The van der Waals surface area contributed by atoms with E-state index in [0.717, 1.165) is 48.0 Å². The van der Waals surface area contributed by atoms with Crippen molar-refractivity contribution in [1.82, 2.24) is 9.88 Å². The number of rotatable bonds is 6. The molecule has 5 rings (SSSR count). The summed E-state index contributed by atoms with van der Waals surface area (Å²) in [5.74, 6) is 0.697. The van der Waals surface area contributed by atoms with E-state index in [-0.39, 0.29) is 10.6 Å². The standard InChI is InChI=1S/C26H25N5O3/c32-31(33)23-10-5-19(6-11-23)17-21-7-8-22(26(21)30-13-15-34-16-14-30)18-27-29-25-12-9-20-3-1-2-4-24(20)28-25/h1-6,9-12,17-18H,7-8,13-16H2,(H,28,29)/b21-17+,27-18-. The molecule has 8 heteroatoms. The van der Waals surface area contributed by atoms with Crippen LogP contribution in [0.15, 0.2) is 82.6 Å². The fraction of sp³-hybridized carbons (Fsp3) is 0.231. The van der Waals surface area contributed by atoms with Crippen LogP contribution in [-0.4, -0.2) is 47.3 Å². The van der Waals surface area contributed by atoms with Gasteiger partial charge in [0, 0.05) is 36.3 Å². The van der Waals surface area contributed by atoms with Crippen LogP contribution < -0.4 is 5.43 Å². The molecular formula is C26H25N5O3. The Morgan fingerprint density at radius 1 is 1.03 bits per heavy atom. The number of nitrogens with zero attached hydrogens (tertiary/aromatic N) is 4. The molecule has 2 aromatic carbocycles. The number of para-hydroxylation sites is 1. The number of aromatic nitrogens is 1. The van der Waals surface area contributed by atoms with Crippen LogP contribution in [0.1, 0.15) is 18.4 Å². The molecule has 172 valence electrons. The largest absolute Gasteiger partial charge is 0.378 e. The lowest BCUT2D eigenvalue weighted by atomic mass is 10.1. The molecule has 2 aliphatic rings. The van der Waals surface area contributed by atoms with Gasteiger partial charge < -0.3 is 9.64 Å².